The number of nitrogens with zero attached hydrogens (tertiary/aromatic N) is 2. The van der Waals surface area contributed by atoms with Crippen molar-refractivity contribution < 1.29 is 4.79 Å². The van der Waals surface area contributed by atoms with Crippen LogP contribution in [0.5, 0.6) is 0 Å². The van der Waals surface area contributed by atoms with Crippen LogP contribution >= 0.6 is 11.3 Å². The van der Waals surface area contributed by atoms with Crippen LogP contribution in [0.4, 0.5) is 5.13 Å². The number of amides is 1. The first-order chi connectivity index (χ1) is 11.1. The highest BCUT2D eigenvalue weighted by molar-refractivity contribution is 7.22. The predicted octanol–water partition coefficient (Wildman–Crippen LogP) is 3.68. The van der Waals surface area contributed by atoms with E-state index < -0.39 is 0 Å². The number of anilines is 1. The van der Waals surface area contributed by atoms with Crippen LogP contribution in [0.3, 0.4) is 0 Å². The summed E-state index contributed by atoms with van der Waals surface area (Å²) in [4.78, 5) is 18.6. The minimum atomic E-state index is -0.0429. The standard InChI is InChI=1S/C18H19N3OS/c1-13-7-9-14(10-8-13)11-21(2)12-17(22)20-18-19-15-5-3-4-6-16(15)23-18/h3-10H,11-12H2,1-2H3,(H,19,20,22). The summed E-state index contributed by atoms with van der Waals surface area (Å²) in [7, 11) is 1.94. The molecule has 1 heterocycles. The normalized spacial score (nSPS) is 11.1. The molecule has 2 aromatic carbocycles. The van der Waals surface area contributed by atoms with Crippen LogP contribution in [-0.2, 0) is 11.3 Å². The highest BCUT2D eigenvalue weighted by Gasteiger charge is 2.10. The Kier molecular flexibility index (Phi) is 4.69. The van der Waals surface area contributed by atoms with Crippen LogP contribution in [0.2, 0.25) is 0 Å². The molecular weight excluding hydrogens is 306 g/mol. The molecule has 3 aromatic rings. The van der Waals surface area contributed by atoms with Crippen molar-refractivity contribution in [3.8, 4) is 0 Å². The fraction of sp³-hybridized carbons (Fsp3) is 0.222. The van der Waals surface area contributed by atoms with Gasteiger partial charge in [0.05, 0.1) is 16.8 Å². The van der Waals surface area contributed by atoms with Gasteiger partial charge in [-0.3, -0.25) is 9.69 Å². The van der Waals surface area contributed by atoms with Crippen LogP contribution in [-0.4, -0.2) is 29.4 Å². The summed E-state index contributed by atoms with van der Waals surface area (Å²) in [5.74, 6) is -0.0429. The van der Waals surface area contributed by atoms with Crippen molar-refractivity contribution in [2.75, 3.05) is 18.9 Å². The molecule has 23 heavy (non-hydrogen) atoms. The lowest BCUT2D eigenvalue weighted by Gasteiger charge is -2.15. The van der Waals surface area contributed by atoms with Gasteiger partial charge in [0.1, 0.15) is 0 Å². The number of aryl methyl sites for hydroxylation is 1. The second kappa shape index (κ2) is 6.89. The van der Waals surface area contributed by atoms with Gasteiger partial charge in [-0.2, -0.15) is 0 Å². The zero-order valence-corrected chi connectivity index (χ0v) is 14.1. The van der Waals surface area contributed by atoms with Gasteiger partial charge in [-0.15, -0.1) is 0 Å². The number of rotatable bonds is 5. The topological polar surface area (TPSA) is 45.2 Å². The van der Waals surface area contributed by atoms with E-state index in [1.165, 1.54) is 22.5 Å². The molecular formula is C18H19N3OS. The third kappa shape index (κ3) is 4.15. The largest absolute Gasteiger partial charge is 0.301 e. The fourth-order valence-electron chi connectivity index (χ4n) is 2.39. The van der Waals surface area contributed by atoms with Gasteiger partial charge < -0.3 is 5.32 Å². The van der Waals surface area contributed by atoms with E-state index in [4.69, 9.17) is 0 Å². The number of carbonyl (C=O) groups excluding carboxylic acids is 1. The SMILES string of the molecule is Cc1ccc(CN(C)CC(=O)Nc2nc3ccccc3s2)cc1. The number of likely N-dealkylation sites (N-methyl/N-ethyl adjacent to an activating group) is 1. The Morgan fingerprint density at radius 1 is 1.17 bits per heavy atom. The molecule has 0 fully saturated rings. The zero-order valence-electron chi connectivity index (χ0n) is 13.2. The van der Waals surface area contributed by atoms with Gasteiger partial charge in [0.25, 0.3) is 0 Å². The smallest absolute Gasteiger partial charge is 0.240 e. The van der Waals surface area contributed by atoms with Gasteiger partial charge >= 0.3 is 0 Å². The van der Waals surface area contributed by atoms with E-state index in [0.717, 1.165) is 16.8 Å². The first kappa shape index (κ1) is 15.6. The molecule has 4 nitrogen and oxygen atoms in total. The average molecular weight is 325 g/mol. The predicted molar refractivity (Wildman–Crippen MR) is 95.8 cm³/mol. The molecule has 1 amide bonds. The Morgan fingerprint density at radius 3 is 2.65 bits per heavy atom. The number of hydrogen-bond acceptors (Lipinski definition) is 4. The van der Waals surface area contributed by atoms with Gasteiger partial charge in [-0.25, -0.2) is 4.98 Å². The number of benzene rings is 2. The van der Waals surface area contributed by atoms with Gasteiger partial charge in [-0.05, 0) is 31.7 Å². The second-order valence-electron chi connectivity index (χ2n) is 5.69. The van der Waals surface area contributed by atoms with Gasteiger partial charge in [0, 0.05) is 6.54 Å². The molecule has 118 valence electrons. The Morgan fingerprint density at radius 2 is 1.91 bits per heavy atom. The number of carbonyl (C=O) groups is 1. The molecule has 0 radical (unpaired) electrons. The van der Waals surface area contributed by atoms with Crippen LogP contribution in [0, 0.1) is 6.92 Å². The molecule has 1 N–H and O–H groups in total. The van der Waals surface area contributed by atoms with Crippen molar-refractivity contribution in [1.29, 1.82) is 0 Å². The van der Waals surface area contributed by atoms with E-state index >= 15 is 0 Å². The maximum absolute atomic E-state index is 12.2. The summed E-state index contributed by atoms with van der Waals surface area (Å²) in [5.41, 5.74) is 3.36. The molecule has 0 saturated carbocycles. The zero-order chi connectivity index (χ0) is 16.2. The molecule has 0 unspecified atom stereocenters. The van der Waals surface area contributed by atoms with Gasteiger partial charge in [0.15, 0.2) is 5.13 Å². The lowest BCUT2D eigenvalue weighted by Crippen LogP contribution is -2.29. The number of aromatic nitrogens is 1. The van der Waals surface area contributed by atoms with Crippen molar-refractivity contribution in [2.45, 2.75) is 13.5 Å². The maximum atomic E-state index is 12.2. The lowest BCUT2D eigenvalue weighted by atomic mass is 10.1. The highest BCUT2D eigenvalue weighted by atomic mass is 32.1. The summed E-state index contributed by atoms with van der Waals surface area (Å²) >= 11 is 1.50. The molecule has 5 heteroatoms. The monoisotopic (exact) mass is 325 g/mol. The first-order valence-corrected chi connectivity index (χ1v) is 8.31. The third-order valence-corrected chi connectivity index (χ3v) is 4.48. The van der Waals surface area contributed by atoms with E-state index in [1.54, 1.807) is 0 Å². The van der Waals surface area contributed by atoms with Crippen molar-refractivity contribution in [2.24, 2.45) is 0 Å². The van der Waals surface area contributed by atoms with Gasteiger partial charge in [-0.1, -0.05) is 53.3 Å². The van der Waals surface area contributed by atoms with Crippen molar-refractivity contribution in [1.82, 2.24) is 9.88 Å². The summed E-state index contributed by atoms with van der Waals surface area (Å²) in [5, 5.41) is 3.54. The molecule has 0 spiro atoms. The Bertz CT molecular complexity index is 778. The minimum Gasteiger partial charge on any atom is -0.301 e. The highest BCUT2D eigenvalue weighted by Crippen LogP contribution is 2.25. The van der Waals surface area contributed by atoms with Crippen LogP contribution in [0.15, 0.2) is 48.5 Å². The number of nitrogens with one attached hydrogen (secondary N) is 1. The van der Waals surface area contributed by atoms with Crippen LogP contribution < -0.4 is 5.32 Å². The van der Waals surface area contributed by atoms with E-state index in [0.29, 0.717) is 11.7 Å². The molecule has 1 aromatic heterocycles. The van der Waals surface area contributed by atoms with Crippen molar-refractivity contribution >= 4 is 32.6 Å². The summed E-state index contributed by atoms with van der Waals surface area (Å²) in [6, 6.07) is 16.2. The van der Waals surface area contributed by atoms with E-state index in [1.807, 2.05) is 36.2 Å². The summed E-state index contributed by atoms with van der Waals surface area (Å²) in [6.45, 7) is 3.15. The Balaban J connectivity index is 1.56. The summed E-state index contributed by atoms with van der Waals surface area (Å²) < 4.78 is 1.08. The van der Waals surface area contributed by atoms with E-state index in [-0.39, 0.29) is 5.91 Å². The Hall–Kier alpha value is -2.24. The minimum absolute atomic E-state index is 0.0429. The summed E-state index contributed by atoms with van der Waals surface area (Å²) in [6.07, 6.45) is 0. The molecule has 0 saturated heterocycles. The molecule has 0 bridgehead atoms. The number of thiazole rings is 1. The number of fused-ring (bicyclic) bond motifs is 1. The molecule has 0 aliphatic carbocycles. The number of hydrogen-bond donors (Lipinski definition) is 1. The average Bonchev–Trinajstić information content (AvgIpc) is 2.91. The van der Waals surface area contributed by atoms with Crippen molar-refractivity contribution in [3.05, 3.63) is 59.7 Å². The molecule has 0 aliphatic rings. The van der Waals surface area contributed by atoms with Crippen LogP contribution in [0.25, 0.3) is 10.2 Å². The van der Waals surface area contributed by atoms with E-state index in [9.17, 15) is 4.79 Å². The van der Waals surface area contributed by atoms with Crippen LogP contribution in [0.1, 0.15) is 11.1 Å². The van der Waals surface area contributed by atoms with E-state index in [2.05, 4.69) is 41.5 Å². The first-order valence-electron chi connectivity index (χ1n) is 7.50. The molecule has 3 rings (SSSR count). The maximum Gasteiger partial charge on any atom is 0.240 e. The van der Waals surface area contributed by atoms with Gasteiger partial charge in [0.2, 0.25) is 5.91 Å². The third-order valence-electron chi connectivity index (χ3n) is 3.53. The molecule has 0 atom stereocenters. The lowest BCUT2D eigenvalue weighted by molar-refractivity contribution is -0.117. The Labute approximate surface area is 139 Å². The second-order valence-corrected chi connectivity index (χ2v) is 6.72. The quantitative estimate of drug-likeness (QED) is 0.778. The fourth-order valence-corrected chi connectivity index (χ4v) is 3.27. The number of para-hydroxylation sites is 1. The van der Waals surface area contributed by atoms with Crippen molar-refractivity contribution in [3.63, 3.8) is 0 Å². The molecule has 0 aliphatic heterocycles.